The molecular formula is C16H14FN5O. The quantitative estimate of drug-likeness (QED) is 0.779. The van der Waals surface area contributed by atoms with Crippen LogP contribution >= 0.6 is 0 Å². The first-order chi connectivity index (χ1) is 11.2. The van der Waals surface area contributed by atoms with Crippen molar-refractivity contribution in [3.05, 3.63) is 71.8 Å². The Hall–Kier alpha value is -3.09. The Kier molecular flexibility index (Phi) is 4.37. The van der Waals surface area contributed by atoms with Gasteiger partial charge in [-0.05, 0) is 52.7 Å². The van der Waals surface area contributed by atoms with E-state index in [0.717, 1.165) is 5.56 Å². The summed E-state index contributed by atoms with van der Waals surface area (Å²) in [5.74, 6) is -0.445. The van der Waals surface area contributed by atoms with Crippen LogP contribution in [0.3, 0.4) is 0 Å². The molecule has 7 heteroatoms. The number of tetrazole rings is 1. The van der Waals surface area contributed by atoms with E-state index < -0.39 is 0 Å². The molecule has 1 aromatic heterocycles. The number of halogens is 1. The van der Waals surface area contributed by atoms with Crippen LogP contribution in [0.15, 0.2) is 54.9 Å². The summed E-state index contributed by atoms with van der Waals surface area (Å²) in [4.78, 5) is 12.2. The molecule has 0 saturated carbocycles. The third-order valence-corrected chi connectivity index (χ3v) is 3.33. The van der Waals surface area contributed by atoms with Gasteiger partial charge in [-0.3, -0.25) is 4.79 Å². The van der Waals surface area contributed by atoms with Crippen LogP contribution in [0.5, 0.6) is 0 Å². The van der Waals surface area contributed by atoms with Crippen LogP contribution in [0.4, 0.5) is 4.39 Å². The summed E-state index contributed by atoms with van der Waals surface area (Å²) >= 11 is 0. The maximum Gasteiger partial charge on any atom is 0.251 e. The van der Waals surface area contributed by atoms with Gasteiger partial charge in [0.1, 0.15) is 12.1 Å². The molecule has 3 rings (SSSR count). The van der Waals surface area contributed by atoms with E-state index in [0.29, 0.717) is 24.2 Å². The molecule has 1 N–H and O–H groups in total. The fourth-order valence-electron chi connectivity index (χ4n) is 2.14. The highest BCUT2D eigenvalue weighted by Crippen LogP contribution is 2.09. The Morgan fingerprint density at radius 3 is 2.74 bits per heavy atom. The number of amides is 1. The topological polar surface area (TPSA) is 72.7 Å². The van der Waals surface area contributed by atoms with Crippen molar-refractivity contribution < 1.29 is 9.18 Å². The first-order valence-corrected chi connectivity index (χ1v) is 7.08. The third-order valence-electron chi connectivity index (χ3n) is 3.33. The van der Waals surface area contributed by atoms with Crippen LogP contribution < -0.4 is 5.32 Å². The molecular weight excluding hydrogens is 297 g/mol. The Bertz CT molecular complexity index is 786. The van der Waals surface area contributed by atoms with Gasteiger partial charge in [-0.15, -0.1) is 5.10 Å². The summed E-state index contributed by atoms with van der Waals surface area (Å²) in [5.41, 5.74) is 2.20. The molecule has 0 fully saturated rings. The van der Waals surface area contributed by atoms with Crippen molar-refractivity contribution in [3.8, 4) is 5.69 Å². The zero-order chi connectivity index (χ0) is 16.1. The van der Waals surface area contributed by atoms with Crippen molar-refractivity contribution in [2.24, 2.45) is 0 Å². The summed E-state index contributed by atoms with van der Waals surface area (Å²) in [7, 11) is 0. The van der Waals surface area contributed by atoms with Crippen LogP contribution in [0.2, 0.25) is 0 Å². The summed E-state index contributed by atoms with van der Waals surface area (Å²) in [5, 5.41) is 13.8. The lowest BCUT2D eigenvalue weighted by atomic mass is 10.1. The van der Waals surface area contributed by atoms with Gasteiger partial charge in [0.25, 0.3) is 5.91 Å². The number of hydrogen-bond donors (Lipinski definition) is 1. The maximum atomic E-state index is 12.8. The minimum Gasteiger partial charge on any atom is -0.352 e. The van der Waals surface area contributed by atoms with E-state index in [1.54, 1.807) is 30.3 Å². The highest BCUT2D eigenvalue weighted by Gasteiger charge is 2.07. The van der Waals surface area contributed by atoms with Gasteiger partial charge in [-0.2, -0.15) is 0 Å². The van der Waals surface area contributed by atoms with Gasteiger partial charge in [-0.25, -0.2) is 9.07 Å². The van der Waals surface area contributed by atoms with Crippen molar-refractivity contribution in [1.29, 1.82) is 0 Å². The average Bonchev–Trinajstić information content (AvgIpc) is 3.11. The number of carbonyl (C=O) groups is 1. The Balaban J connectivity index is 1.60. The molecule has 0 atom stereocenters. The molecule has 1 heterocycles. The minimum absolute atomic E-state index is 0.179. The van der Waals surface area contributed by atoms with Gasteiger partial charge >= 0.3 is 0 Å². The van der Waals surface area contributed by atoms with E-state index in [-0.39, 0.29) is 11.7 Å². The van der Waals surface area contributed by atoms with Gasteiger partial charge < -0.3 is 5.32 Å². The highest BCUT2D eigenvalue weighted by molar-refractivity contribution is 5.94. The Morgan fingerprint density at radius 2 is 2.00 bits per heavy atom. The second-order valence-electron chi connectivity index (χ2n) is 4.94. The zero-order valence-electron chi connectivity index (χ0n) is 12.2. The lowest BCUT2D eigenvalue weighted by molar-refractivity contribution is 0.0954. The van der Waals surface area contributed by atoms with Crippen LogP contribution in [0.25, 0.3) is 5.69 Å². The predicted molar refractivity (Wildman–Crippen MR) is 81.6 cm³/mol. The zero-order valence-corrected chi connectivity index (χ0v) is 12.2. The van der Waals surface area contributed by atoms with Crippen molar-refractivity contribution in [1.82, 2.24) is 25.5 Å². The average molecular weight is 311 g/mol. The molecule has 23 heavy (non-hydrogen) atoms. The smallest absolute Gasteiger partial charge is 0.251 e. The lowest BCUT2D eigenvalue weighted by Crippen LogP contribution is -2.25. The predicted octanol–water partition coefficient (Wildman–Crippen LogP) is 1.77. The number of nitrogens with one attached hydrogen (secondary N) is 1. The third kappa shape index (κ3) is 3.76. The fraction of sp³-hybridized carbons (Fsp3) is 0.125. The molecule has 0 radical (unpaired) electrons. The van der Waals surface area contributed by atoms with E-state index in [1.165, 1.54) is 23.1 Å². The Morgan fingerprint density at radius 1 is 1.17 bits per heavy atom. The molecule has 6 nitrogen and oxygen atoms in total. The summed E-state index contributed by atoms with van der Waals surface area (Å²) < 4.78 is 14.3. The van der Waals surface area contributed by atoms with Gasteiger partial charge in [0.05, 0.1) is 5.69 Å². The summed E-state index contributed by atoms with van der Waals surface area (Å²) in [6, 6.07) is 13.3. The SMILES string of the molecule is O=C(NCCc1ccc(F)cc1)c1cccc(-n2cnnn2)c1. The summed E-state index contributed by atoms with van der Waals surface area (Å²) in [6.45, 7) is 0.472. The highest BCUT2D eigenvalue weighted by atomic mass is 19.1. The van der Waals surface area contributed by atoms with Crippen LogP contribution in [-0.2, 0) is 6.42 Å². The van der Waals surface area contributed by atoms with Gasteiger partial charge in [0.15, 0.2) is 0 Å². The molecule has 116 valence electrons. The molecule has 0 aliphatic carbocycles. The largest absolute Gasteiger partial charge is 0.352 e. The monoisotopic (exact) mass is 311 g/mol. The van der Waals surface area contributed by atoms with Crippen molar-refractivity contribution >= 4 is 5.91 Å². The number of aromatic nitrogens is 4. The molecule has 1 amide bonds. The Labute approximate surface area is 132 Å². The molecule has 0 saturated heterocycles. The van der Waals surface area contributed by atoms with E-state index in [1.807, 2.05) is 6.07 Å². The molecule has 2 aromatic carbocycles. The molecule has 0 aliphatic rings. The first-order valence-electron chi connectivity index (χ1n) is 7.08. The second-order valence-corrected chi connectivity index (χ2v) is 4.94. The number of benzene rings is 2. The second kappa shape index (κ2) is 6.78. The number of carbonyl (C=O) groups excluding carboxylic acids is 1. The normalized spacial score (nSPS) is 10.5. The van der Waals surface area contributed by atoms with Gasteiger partial charge in [0, 0.05) is 12.1 Å². The summed E-state index contributed by atoms with van der Waals surface area (Å²) in [6.07, 6.45) is 2.10. The first kappa shape index (κ1) is 14.8. The van der Waals surface area contributed by atoms with Gasteiger partial charge in [0.2, 0.25) is 0 Å². The van der Waals surface area contributed by atoms with Crippen LogP contribution in [0.1, 0.15) is 15.9 Å². The number of rotatable bonds is 5. The van der Waals surface area contributed by atoms with E-state index in [2.05, 4.69) is 20.8 Å². The van der Waals surface area contributed by atoms with E-state index >= 15 is 0 Å². The molecule has 0 spiro atoms. The standard InChI is InChI=1S/C16H14FN5O/c17-14-6-4-12(5-7-14)8-9-18-16(23)13-2-1-3-15(10-13)22-11-19-20-21-22/h1-7,10-11H,8-9H2,(H,18,23). The maximum absolute atomic E-state index is 12.8. The van der Waals surface area contributed by atoms with Crippen LogP contribution in [0, 0.1) is 5.82 Å². The van der Waals surface area contributed by atoms with Gasteiger partial charge in [-0.1, -0.05) is 18.2 Å². The lowest BCUT2D eigenvalue weighted by Gasteiger charge is -2.07. The molecule has 0 unspecified atom stereocenters. The molecule has 0 bridgehead atoms. The van der Waals surface area contributed by atoms with Crippen molar-refractivity contribution in [3.63, 3.8) is 0 Å². The number of nitrogens with zero attached hydrogens (tertiary/aromatic N) is 4. The molecule has 3 aromatic rings. The van der Waals surface area contributed by atoms with Crippen molar-refractivity contribution in [2.75, 3.05) is 6.54 Å². The van der Waals surface area contributed by atoms with Crippen molar-refractivity contribution in [2.45, 2.75) is 6.42 Å². The molecule has 0 aliphatic heterocycles. The minimum atomic E-state index is -0.266. The number of hydrogen-bond acceptors (Lipinski definition) is 4. The fourth-order valence-corrected chi connectivity index (χ4v) is 2.14. The van der Waals surface area contributed by atoms with Crippen LogP contribution in [-0.4, -0.2) is 32.7 Å². The van der Waals surface area contributed by atoms with E-state index in [9.17, 15) is 9.18 Å². The van der Waals surface area contributed by atoms with E-state index in [4.69, 9.17) is 0 Å².